The maximum absolute atomic E-state index is 9.57. The molecule has 0 aliphatic heterocycles. The van der Waals surface area contributed by atoms with Crippen molar-refractivity contribution in [2.24, 2.45) is 5.41 Å². The van der Waals surface area contributed by atoms with E-state index in [1.807, 2.05) is 0 Å². The molecule has 1 saturated carbocycles. The van der Waals surface area contributed by atoms with Crippen molar-refractivity contribution in [2.45, 2.75) is 58.4 Å². The van der Waals surface area contributed by atoms with E-state index in [0.717, 1.165) is 19.6 Å². The van der Waals surface area contributed by atoms with Crippen LogP contribution in [0, 0.1) is 5.41 Å². The monoisotopic (exact) mass is 242 g/mol. The molecular formula is C14H30N2O. The van der Waals surface area contributed by atoms with E-state index in [1.165, 1.54) is 32.1 Å². The fourth-order valence-electron chi connectivity index (χ4n) is 2.57. The van der Waals surface area contributed by atoms with Crippen LogP contribution < -0.4 is 10.6 Å². The van der Waals surface area contributed by atoms with Gasteiger partial charge in [0.05, 0.1) is 0 Å². The maximum atomic E-state index is 9.57. The van der Waals surface area contributed by atoms with Crippen molar-refractivity contribution >= 4 is 0 Å². The minimum Gasteiger partial charge on any atom is -0.396 e. The summed E-state index contributed by atoms with van der Waals surface area (Å²) in [5, 5.41) is 16.5. The number of aliphatic hydroxyl groups excluding tert-OH is 1. The third kappa shape index (κ3) is 5.84. The summed E-state index contributed by atoms with van der Waals surface area (Å²) in [6, 6.07) is 0. The topological polar surface area (TPSA) is 44.3 Å². The van der Waals surface area contributed by atoms with E-state index >= 15 is 0 Å². The first-order valence-electron chi connectivity index (χ1n) is 7.04. The van der Waals surface area contributed by atoms with Gasteiger partial charge in [0.1, 0.15) is 0 Å². The highest BCUT2D eigenvalue weighted by Crippen LogP contribution is 2.34. The van der Waals surface area contributed by atoms with Crippen LogP contribution in [0.2, 0.25) is 0 Å². The van der Waals surface area contributed by atoms with Crippen molar-refractivity contribution in [3.8, 4) is 0 Å². The first-order valence-corrected chi connectivity index (χ1v) is 7.04. The lowest BCUT2D eigenvalue weighted by molar-refractivity contribution is 0.0815. The Labute approximate surface area is 106 Å². The average molecular weight is 242 g/mol. The van der Waals surface area contributed by atoms with E-state index in [1.54, 1.807) is 0 Å². The van der Waals surface area contributed by atoms with Crippen LogP contribution in [0.25, 0.3) is 0 Å². The maximum Gasteiger partial charge on any atom is 0.0499 e. The normalized spacial score (nSPS) is 20.5. The second kappa shape index (κ2) is 6.72. The molecule has 0 spiro atoms. The molecule has 0 amide bonds. The van der Waals surface area contributed by atoms with Gasteiger partial charge in [-0.3, -0.25) is 0 Å². The SMILES string of the molecule is CC(C)(C)NCCNCC1(CO)CCCCC1. The number of aliphatic hydroxyl groups is 1. The lowest BCUT2D eigenvalue weighted by Crippen LogP contribution is -2.44. The summed E-state index contributed by atoms with van der Waals surface area (Å²) in [6.07, 6.45) is 6.27. The summed E-state index contributed by atoms with van der Waals surface area (Å²) in [7, 11) is 0. The molecule has 0 aromatic carbocycles. The van der Waals surface area contributed by atoms with Gasteiger partial charge in [0.15, 0.2) is 0 Å². The molecule has 0 heterocycles. The van der Waals surface area contributed by atoms with Crippen LogP contribution in [0.15, 0.2) is 0 Å². The van der Waals surface area contributed by atoms with Gasteiger partial charge in [0, 0.05) is 37.2 Å². The van der Waals surface area contributed by atoms with Gasteiger partial charge in [-0.25, -0.2) is 0 Å². The van der Waals surface area contributed by atoms with E-state index in [2.05, 4.69) is 31.4 Å². The van der Waals surface area contributed by atoms with Crippen molar-refractivity contribution in [1.82, 2.24) is 10.6 Å². The fraction of sp³-hybridized carbons (Fsp3) is 1.00. The van der Waals surface area contributed by atoms with Gasteiger partial charge in [0.25, 0.3) is 0 Å². The summed E-state index contributed by atoms with van der Waals surface area (Å²) in [6.45, 7) is 9.84. The van der Waals surface area contributed by atoms with Crippen LogP contribution in [0.4, 0.5) is 0 Å². The summed E-state index contributed by atoms with van der Waals surface area (Å²) < 4.78 is 0. The minimum absolute atomic E-state index is 0.167. The van der Waals surface area contributed by atoms with Crippen molar-refractivity contribution in [2.75, 3.05) is 26.2 Å². The largest absolute Gasteiger partial charge is 0.396 e. The first kappa shape index (κ1) is 14.9. The van der Waals surface area contributed by atoms with Gasteiger partial charge in [-0.1, -0.05) is 19.3 Å². The highest BCUT2D eigenvalue weighted by molar-refractivity contribution is 4.84. The quantitative estimate of drug-likeness (QED) is 0.623. The molecule has 3 heteroatoms. The molecule has 1 rings (SSSR count). The molecule has 3 N–H and O–H groups in total. The van der Waals surface area contributed by atoms with Gasteiger partial charge in [-0.05, 0) is 33.6 Å². The highest BCUT2D eigenvalue weighted by Gasteiger charge is 2.30. The zero-order valence-corrected chi connectivity index (χ0v) is 11.8. The summed E-state index contributed by atoms with van der Waals surface area (Å²) in [5.74, 6) is 0. The zero-order valence-electron chi connectivity index (χ0n) is 11.8. The van der Waals surface area contributed by atoms with Crippen LogP contribution in [0.3, 0.4) is 0 Å². The molecule has 1 fully saturated rings. The molecule has 0 aromatic heterocycles. The van der Waals surface area contributed by atoms with Crippen LogP contribution in [-0.4, -0.2) is 36.9 Å². The Hall–Kier alpha value is -0.120. The average Bonchev–Trinajstić information content (AvgIpc) is 2.28. The Bertz CT molecular complexity index is 205. The number of hydrogen-bond acceptors (Lipinski definition) is 3. The molecule has 0 saturated heterocycles. The van der Waals surface area contributed by atoms with Crippen molar-refractivity contribution in [1.29, 1.82) is 0 Å². The molecule has 17 heavy (non-hydrogen) atoms. The lowest BCUT2D eigenvalue weighted by atomic mass is 9.74. The Balaban J connectivity index is 2.15. The van der Waals surface area contributed by atoms with E-state index in [0.29, 0.717) is 6.61 Å². The Morgan fingerprint density at radius 3 is 2.24 bits per heavy atom. The van der Waals surface area contributed by atoms with Gasteiger partial charge < -0.3 is 15.7 Å². The van der Waals surface area contributed by atoms with Crippen molar-refractivity contribution < 1.29 is 5.11 Å². The number of nitrogens with one attached hydrogen (secondary N) is 2. The molecule has 1 aliphatic carbocycles. The molecule has 0 aromatic rings. The van der Waals surface area contributed by atoms with E-state index in [9.17, 15) is 5.11 Å². The Morgan fingerprint density at radius 1 is 1.06 bits per heavy atom. The summed E-state index contributed by atoms with van der Waals surface area (Å²) in [5.41, 5.74) is 0.362. The molecule has 0 atom stereocenters. The van der Waals surface area contributed by atoms with E-state index in [4.69, 9.17) is 0 Å². The fourth-order valence-corrected chi connectivity index (χ4v) is 2.57. The lowest BCUT2D eigenvalue weighted by Gasteiger charge is -2.36. The second-order valence-electron chi connectivity index (χ2n) is 6.57. The first-order chi connectivity index (χ1) is 7.97. The van der Waals surface area contributed by atoms with Crippen molar-refractivity contribution in [3.63, 3.8) is 0 Å². The number of rotatable bonds is 6. The van der Waals surface area contributed by atoms with E-state index < -0.39 is 0 Å². The molecule has 3 nitrogen and oxygen atoms in total. The predicted molar refractivity (Wildman–Crippen MR) is 73.2 cm³/mol. The van der Waals surface area contributed by atoms with Crippen LogP contribution >= 0.6 is 0 Å². The molecule has 102 valence electrons. The van der Waals surface area contributed by atoms with Gasteiger partial charge in [-0.15, -0.1) is 0 Å². The van der Waals surface area contributed by atoms with Crippen LogP contribution in [0.1, 0.15) is 52.9 Å². The predicted octanol–water partition coefficient (Wildman–Crippen LogP) is 1.91. The smallest absolute Gasteiger partial charge is 0.0499 e. The number of hydrogen-bond donors (Lipinski definition) is 3. The third-order valence-corrected chi connectivity index (χ3v) is 3.71. The summed E-state index contributed by atoms with van der Waals surface area (Å²) in [4.78, 5) is 0. The molecule has 1 aliphatic rings. The Kier molecular flexibility index (Phi) is 5.90. The standard InChI is InChI=1S/C14H30N2O/c1-13(2,3)16-10-9-15-11-14(12-17)7-5-4-6-8-14/h15-17H,4-12H2,1-3H3. The van der Waals surface area contributed by atoms with E-state index in [-0.39, 0.29) is 11.0 Å². The molecule has 0 radical (unpaired) electrons. The molecular weight excluding hydrogens is 212 g/mol. The van der Waals surface area contributed by atoms with Crippen molar-refractivity contribution in [3.05, 3.63) is 0 Å². The highest BCUT2D eigenvalue weighted by atomic mass is 16.3. The molecule has 0 bridgehead atoms. The molecule has 0 unspecified atom stereocenters. The van der Waals surface area contributed by atoms with Gasteiger partial charge >= 0.3 is 0 Å². The second-order valence-corrected chi connectivity index (χ2v) is 6.57. The summed E-state index contributed by atoms with van der Waals surface area (Å²) >= 11 is 0. The van der Waals surface area contributed by atoms with Gasteiger partial charge in [-0.2, -0.15) is 0 Å². The van der Waals surface area contributed by atoms with Crippen LogP contribution in [0.5, 0.6) is 0 Å². The third-order valence-electron chi connectivity index (χ3n) is 3.71. The minimum atomic E-state index is 0.167. The van der Waals surface area contributed by atoms with Crippen LogP contribution in [-0.2, 0) is 0 Å². The van der Waals surface area contributed by atoms with Gasteiger partial charge in [0.2, 0.25) is 0 Å². The zero-order chi connectivity index (χ0) is 12.8. The Morgan fingerprint density at radius 2 is 1.71 bits per heavy atom.